The molecule has 0 aliphatic rings. The van der Waals surface area contributed by atoms with Crippen LogP contribution in [0.1, 0.15) is 43.2 Å². The summed E-state index contributed by atoms with van der Waals surface area (Å²) >= 11 is 0. The Hall–Kier alpha value is -2.01. The minimum atomic E-state index is -0.463. The summed E-state index contributed by atoms with van der Waals surface area (Å²) in [6.07, 6.45) is 0.792. The summed E-state index contributed by atoms with van der Waals surface area (Å²) in [5, 5.41) is 3.77. The van der Waals surface area contributed by atoms with Gasteiger partial charge in [-0.15, -0.1) is 0 Å². The molecule has 5 heteroatoms. The third kappa shape index (κ3) is 4.05. The zero-order valence-electron chi connectivity index (χ0n) is 14.1. The van der Waals surface area contributed by atoms with E-state index in [1.165, 1.54) is 12.1 Å². The molecule has 0 aliphatic heterocycles. The first-order valence-electron chi connectivity index (χ1n) is 7.83. The van der Waals surface area contributed by atoms with Gasteiger partial charge < -0.3 is 11.1 Å². The van der Waals surface area contributed by atoms with Crippen LogP contribution >= 0.6 is 0 Å². The van der Waals surface area contributed by atoms with Crippen molar-refractivity contribution in [2.24, 2.45) is 11.7 Å². The lowest BCUT2D eigenvalue weighted by molar-refractivity contribution is 0.0897. The maximum absolute atomic E-state index is 13.3. The number of pyridine rings is 1. The van der Waals surface area contributed by atoms with E-state index in [1.54, 1.807) is 19.1 Å². The van der Waals surface area contributed by atoms with Crippen LogP contribution in [0.4, 0.5) is 4.39 Å². The Morgan fingerprint density at radius 1 is 1.39 bits per heavy atom. The molecule has 0 spiro atoms. The number of aromatic nitrogens is 1. The van der Waals surface area contributed by atoms with Gasteiger partial charge in [0.1, 0.15) is 5.82 Å². The highest BCUT2D eigenvalue weighted by molar-refractivity contribution is 5.99. The second kappa shape index (κ2) is 6.62. The fraction of sp³-hybridized carbons (Fsp3) is 0.444. The van der Waals surface area contributed by atoms with E-state index in [2.05, 4.69) is 24.1 Å². The normalized spacial score (nSPS) is 14.0. The van der Waals surface area contributed by atoms with Crippen molar-refractivity contribution in [3.05, 3.63) is 41.3 Å². The molecule has 4 nitrogen and oxygen atoms in total. The fourth-order valence-corrected chi connectivity index (χ4v) is 2.89. The Labute approximate surface area is 136 Å². The Balaban J connectivity index is 2.33. The molecule has 0 aliphatic carbocycles. The molecular formula is C18H24FN3O. The zero-order valence-corrected chi connectivity index (χ0v) is 14.1. The van der Waals surface area contributed by atoms with Gasteiger partial charge in [-0.05, 0) is 44.4 Å². The summed E-state index contributed by atoms with van der Waals surface area (Å²) in [6.45, 7) is 8.25. The topological polar surface area (TPSA) is 68.0 Å². The van der Waals surface area contributed by atoms with Gasteiger partial charge in [0, 0.05) is 23.5 Å². The first-order chi connectivity index (χ1) is 10.7. The smallest absolute Gasteiger partial charge is 0.253 e. The molecule has 1 amide bonds. The summed E-state index contributed by atoms with van der Waals surface area (Å²) in [5.41, 5.74) is 7.00. The third-order valence-corrected chi connectivity index (χ3v) is 3.94. The number of hydrogen-bond donors (Lipinski definition) is 2. The number of benzene rings is 1. The van der Waals surface area contributed by atoms with Crippen molar-refractivity contribution in [3.8, 4) is 0 Å². The molecule has 0 saturated heterocycles. The Morgan fingerprint density at radius 2 is 2.09 bits per heavy atom. The van der Waals surface area contributed by atoms with Gasteiger partial charge in [-0.25, -0.2) is 4.39 Å². The number of amides is 1. The summed E-state index contributed by atoms with van der Waals surface area (Å²) in [5.74, 6) is -0.119. The van der Waals surface area contributed by atoms with Crippen LogP contribution in [0.25, 0.3) is 10.9 Å². The largest absolute Gasteiger partial charge is 0.346 e. The number of hydrogen-bond acceptors (Lipinski definition) is 3. The van der Waals surface area contributed by atoms with Crippen molar-refractivity contribution < 1.29 is 9.18 Å². The van der Waals surface area contributed by atoms with Crippen molar-refractivity contribution in [1.82, 2.24) is 10.3 Å². The van der Waals surface area contributed by atoms with Gasteiger partial charge >= 0.3 is 0 Å². The van der Waals surface area contributed by atoms with Crippen LogP contribution < -0.4 is 11.1 Å². The fourth-order valence-electron chi connectivity index (χ4n) is 2.89. The van der Waals surface area contributed by atoms with Crippen LogP contribution in [0.2, 0.25) is 0 Å². The van der Waals surface area contributed by atoms with Gasteiger partial charge in [0.15, 0.2) is 0 Å². The Bertz CT molecular complexity index is 730. The van der Waals surface area contributed by atoms with Crippen LogP contribution in [-0.2, 0) is 0 Å². The van der Waals surface area contributed by atoms with Crippen LogP contribution in [0.3, 0.4) is 0 Å². The molecule has 1 heterocycles. The number of carbonyl (C=O) groups is 1. The third-order valence-electron chi connectivity index (χ3n) is 3.94. The second-order valence-electron chi connectivity index (χ2n) is 6.78. The average molecular weight is 317 g/mol. The van der Waals surface area contributed by atoms with Crippen molar-refractivity contribution in [1.29, 1.82) is 0 Å². The number of carbonyl (C=O) groups excluding carboxylic acids is 1. The van der Waals surface area contributed by atoms with Gasteiger partial charge in [0.05, 0.1) is 16.8 Å². The molecular weight excluding hydrogens is 293 g/mol. The second-order valence-corrected chi connectivity index (χ2v) is 6.78. The molecule has 1 aromatic carbocycles. The van der Waals surface area contributed by atoms with Gasteiger partial charge in [0.2, 0.25) is 0 Å². The molecule has 23 heavy (non-hydrogen) atoms. The number of nitrogens with zero attached hydrogens (tertiary/aromatic N) is 1. The minimum absolute atomic E-state index is 0.199. The number of nitrogens with two attached hydrogens (primary N) is 1. The molecule has 0 fully saturated rings. The Kier molecular flexibility index (Phi) is 5.00. The lowest BCUT2D eigenvalue weighted by Crippen LogP contribution is -2.52. The highest BCUT2D eigenvalue weighted by Gasteiger charge is 2.27. The molecule has 124 valence electrons. The first-order valence-corrected chi connectivity index (χ1v) is 7.83. The summed E-state index contributed by atoms with van der Waals surface area (Å²) < 4.78 is 13.3. The summed E-state index contributed by atoms with van der Waals surface area (Å²) in [6, 6.07) is 6.11. The van der Waals surface area contributed by atoms with Gasteiger partial charge in [-0.3, -0.25) is 9.78 Å². The number of fused-ring (bicyclic) bond motifs is 1. The van der Waals surface area contributed by atoms with E-state index in [0.717, 1.165) is 11.8 Å². The van der Waals surface area contributed by atoms with Crippen molar-refractivity contribution in [2.45, 2.75) is 39.7 Å². The molecule has 2 rings (SSSR count). The van der Waals surface area contributed by atoms with E-state index in [1.807, 2.05) is 6.92 Å². The molecule has 3 N–H and O–H groups in total. The monoisotopic (exact) mass is 317 g/mol. The Morgan fingerprint density at radius 3 is 2.70 bits per heavy atom. The van der Waals surface area contributed by atoms with Crippen LogP contribution in [0.5, 0.6) is 0 Å². The minimum Gasteiger partial charge on any atom is -0.346 e. The SMILES string of the molecule is Cc1nc2cc(F)ccc2cc1C(=O)NC(C)(CN)CC(C)C. The quantitative estimate of drug-likeness (QED) is 0.890. The van der Waals surface area contributed by atoms with E-state index < -0.39 is 5.54 Å². The van der Waals surface area contributed by atoms with E-state index in [0.29, 0.717) is 29.2 Å². The van der Waals surface area contributed by atoms with Gasteiger partial charge in [0.25, 0.3) is 5.91 Å². The highest BCUT2D eigenvalue weighted by Crippen LogP contribution is 2.20. The van der Waals surface area contributed by atoms with Gasteiger partial charge in [-0.1, -0.05) is 13.8 Å². The van der Waals surface area contributed by atoms with Gasteiger partial charge in [-0.2, -0.15) is 0 Å². The lowest BCUT2D eigenvalue weighted by atomic mass is 9.90. The number of rotatable bonds is 5. The number of aryl methyl sites for hydroxylation is 1. The van der Waals surface area contributed by atoms with Crippen LogP contribution in [0, 0.1) is 18.7 Å². The maximum Gasteiger partial charge on any atom is 0.253 e. The van der Waals surface area contributed by atoms with Crippen LogP contribution in [-0.4, -0.2) is 23.0 Å². The molecule has 1 aromatic heterocycles. The summed E-state index contributed by atoms with van der Waals surface area (Å²) in [4.78, 5) is 17.0. The number of nitrogens with one attached hydrogen (secondary N) is 1. The molecule has 0 radical (unpaired) electrons. The predicted molar refractivity (Wildman–Crippen MR) is 90.8 cm³/mol. The average Bonchev–Trinajstić information content (AvgIpc) is 2.45. The maximum atomic E-state index is 13.3. The van der Waals surface area contributed by atoms with E-state index >= 15 is 0 Å². The molecule has 0 bridgehead atoms. The van der Waals surface area contributed by atoms with E-state index in [-0.39, 0.29) is 11.7 Å². The number of halogens is 1. The molecule has 1 unspecified atom stereocenters. The lowest BCUT2D eigenvalue weighted by Gasteiger charge is -2.31. The van der Waals surface area contributed by atoms with E-state index in [4.69, 9.17) is 5.73 Å². The summed E-state index contributed by atoms with van der Waals surface area (Å²) in [7, 11) is 0. The van der Waals surface area contributed by atoms with E-state index in [9.17, 15) is 9.18 Å². The van der Waals surface area contributed by atoms with Crippen molar-refractivity contribution in [3.63, 3.8) is 0 Å². The molecule has 0 saturated carbocycles. The molecule has 2 aromatic rings. The van der Waals surface area contributed by atoms with Crippen molar-refractivity contribution in [2.75, 3.05) is 6.54 Å². The highest BCUT2D eigenvalue weighted by atomic mass is 19.1. The molecule has 1 atom stereocenters. The first kappa shape index (κ1) is 17.3. The van der Waals surface area contributed by atoms with Crippen LogP contribution in [0.15, 0.2) is 24.3 Å². The standard InChI is InChI=1S/C18H24FN3O/c1-11(2)9-18(4,10-20)22-17(23)15-7-13-5-6-14(19)8-16(13)21-12(15)3/h5-8,11H,9-10,20H2,1-4H3,(H,22,23). The zero-order chi connectivity index (χ0) is 17.2. The predicted octanol–water partition coefficient (Wildman–Crippen LogP) is 3.18. The van der Waals surface area contributed by atoms with Crippen molar-refractivity contribution >= 4 is 16.8 Å².